The Morgan fingerprint density at radius 2 is 1.96 bits per heavy atom. The number of nitrogens with zero attached hydrogens (tertiary/aromatic N) is 1. The van der Waals surface area contributed by atoms with Crippen molar-refractivity contribution in [1.29, 1.82) is 0 Å². The Morgan fingerprint density at radius 3 is 2.70 bits per heavy atom. The molecule has 0 saturated heterocycles. The van der Waals surface area contributed by atoms with Gasteiger partial charge in [-0.15, -0.1) is 11.8 Å². The summed E-state index contributed by atoms with van der Waals surface area (Å²) in [6, 6.07) is 7.23. The van der Waals surface area contributed by atoms with Crippen LogP contribution in [-0.4, -0.2) is 27.7 Å². The van der Waals surface area contributed by atoms with Crippen molar-refractivity contribution < 1.29 is 14.7 Å². The van der Waals surface area contributed by atoms with Gasteiger partial charge in [0.2, 0.25) is 0 Å². The molecule has 0 fully saturated rings. The number of benzene rings is 1. The van der Waals surface area contributed by atoms with E-state index in [1.54, 1.807) is 6.07 Å². The molecule has 120 valence electrons. The Hall–Kier alpha value is -2.25. The van der Waals surface area contributed by atoms with E-state index in [-0.39, 0.29) is 11.3 Å². The van der Waals surface area contributed by atoms with Crippen LogP contribution in [0, 0.1) is 0 Å². The predicted octanol–water partition coefficient (Wildman–Crippen LogP) is 2.63. The zero-order valence-corrected chi connectivity index (χ0v) is 13.7. The van der Waals surface area contributed by atoms with Gasteiger partial charge in [-0.2, -0.15) is 0 Å². The molecular weight excluding hydrogens is 338 g/mol. The summed E-state index contributed by atoms with van der Waals surface area (Å²) in [6.07, 6.45) is 1.53. The molecule has 6 nitrogen and oxygen atoms in total. The molecule has 8 heteroatoms. The van der Waals surface area contributed by atoms with Crippen molar-refractivity contribution in [2.45, 2.75) is 11.9 Å². The highest BCUT2D eigenvalue weighted by molar-refractivity contribution is 7.99. The topological polar surface area (TPSA) is 91.3 Å². The van der Waals surface area contributed by atoms with Crippen LogP contribution in [0.3, 0.4) is 0 Å². The average molecular weight is 352 g/mol. The van der Waals surface area contributed by atoms with Gasteiger partial charge in [-0.3, -0.25) is 20.4 Å². The van der Waals surface area contributed by atoms with Gasteiger partial charge in [0.25, 0.3) is 11.8 Å². The molecule has 2 amide bonds. The van der Waals surface area contributed by atoms with Crippen LogP contribution in [-0.2, 0) is 0 Å². The highest BCUT2D eigenvalue weighted by Gasteiger charge is 2.13. The Morgan fingerprint density at radius 1 is 1.22 bits per heavy atom. The summed E-state index contributed by atoms with van der Waals surface area (Å²) in [5.41, 5.74) is 4.85. The van der Waals surface area contributed by atoms with Crippen LogP contribution in [0.25, 0.3) is 0 Å². The fourth-order valence-corrected chi connectivity index (χ4v) is 2.53. The molecule has 1 heterocycles. The van der Waals surface area contributed by atoms with E-state index in [4.69, 9.17) is 11.6 Å². The van der Waals surface area contributed by atoms with E-state index in [1.165, 1.54) is 42.2 Å². The number of carbonyl (C=O) groups excluding carboxylic acids is 2. The number of hydrogen-bond donors (Lipinski definition) is 3. The van der Waals surface area contributed by atoms with E-state index in [9.17, 15) is 14.7 Å². The second-order valence-corrected chi connectivity index (χ2v) is 6.11. The molecule has 2 aromatic rings. The van der Waals surface area contributed by atoms with E-state index in [0.717, 1.165) is 10.8 Å². The number of aromatic nitrogens is 1. The smallest absolute Gasteiger partial charge is 0.273 e. The maximum absolute atomic E-state index is 12.0. The van der Waals surface area contributed by atoms with Crippen LogP contribution in [0.4, 0.5) is 0 Å². The summed E-state index contributed by atoms with van der Waals surface area (Å²) < 4.78 is 0. The molecule has 0 aliphatic heterocycles. The summed E-state index contributed by atoms with van der Waals surface area (Å²) >= 11 is 7.28. The number of phenols is 1. The molecule has 0 saturated carbocycles. The largest absolute Gasteiger partial charge is 0.507 e. The standard InChI is InChI=1S/C15H14ClN3O3S/c1-2-23-13-7-9(5-6-17-13)14(21)18-19-15(22)11-8-10(16)3-4-12(11)20/h3-8,20H,2H2,1H3,(H,18,21)(H,19,22). The molecule has 2 rings (SSSR count). The molecule has 1 aromatic heterocycles. The zero-order valence-electron chi connectivity index (χ0n) is 12.2. The second kappa shape index (κ2) is 7.85. The summed E-state index contributed by atoms with van der Waals surface area (Å²) in [5, 5.41) is 10.7. The van der Waals surface area contributed by atoms with Gasteiger partial charge in [0, 0.05) is 16.8 Å². The Kier molecular flexibility index (Phi) is 5.84. The first-order chi connectivity index (χ1) is 11.0. The summed E-state index contributed by atoms with van der Waals surface area (Å²) in [4.78, 5) is 28.1. The van der Waals surface area contributed by atoms with E-state index < -0.39 is 11.8 Å². The van der Waals surface area contributed by atoms with Crippen LogP contribution >= 0.6 is 23.4 Å². The third-order valence-corrected chi connectivity index (χ3v) is 3.82. The fourth-order valence-electron chi connectivity index (χ4n) is 1.72. The van der Waals surface area contributed by atoms with Gasteiger partial charge in [-0.25, -0.2) is 4.98 Å². The fraction of sp³-hybridized carbons (Fsp3) is 0.133. The number of nitrogens with one attached hydrogen (secondary N) is 2. The number of thioether (sulfide) groups is 1. The summed E-state index contributed by atoms with van der Waals surface area (Å²) in [7, 11) is 0. The number of phenolic OH excluding ortho intramolecular Hbond substituents is 1. The summed E-state index contributed by atoms with van der Waals surface area (Å²) in [5.74, 6) is -0.550. The minimum atomic E-state index is -0.671. The van der Waals surface area contributed by atoms with Gasteiger partial charge < -0.3 is 5.11 Å². The van der Waals surface area contributed by atoms with Crippen molar-refractivity contribution in [2.24, 2.45) is 0 Å². The normalized spacial score (nSPS) is 10.2. The van der Waals surface area contributed by atoms with Crippen LogP contribution in [0.2, 0.25) is 5.02 Å². The SMILES string of the molecule is CCSc1cc(C(=O)NNC(=O)c2cc(Cl)ccc2O)ccn1. The van der Waals surface area contributed by atoms with Crippen LogP contribution < -0.4 is 10.9 Å². The molecule has 0 spiro atoms. The molecule has 0 aliphatic carbocycles. The molecule has 23 heavy (non-hydrogen) atoms. The first-order valence-corrected chi connectivity index (χ1v) is 8.05. The average Bonchev–Trinajstić information content (AvgIpc) is 2.55. The minimum absolute atomic E-state index is 0.0326. The van der Waals surface area contributed by atoms with Gasteiger partial charge in [0.1, 0.15) is 5.75 Å². The highest BCUT2D eigenvalue weighted by Crippen LogP contribution is 2.21. The Bertz CT molecular complexity index is 740. The monoisotopic (exact) mass is 351 g/mol. The second-order valence-electron chi connectivity index (χ2n) is 4.39. The predicted molar refractivity (Wildman–Crippen MR) is 88.7 cm³/mol. The van der Waals surface area contributed by atoms with E-state index in [2.05, 4.69) is 15.8 Å². The van der Waals surface area contributed by atoms with E-state index >= 15 is 0 Å². The first-order valence-electron chi connectivity index (χ1n) is 6.69. The Balaban J connectivity index is 2.02. The van der Waals surface area contributed by atoms with Crippen molar-refractivity contribution in [1.82, 2.24) is 15.8 Å². The molecule has 0 bridgehead atoms. The molecule has 0 radical (unpaired) electrons. The molecule has 0 atom stereocenters. The van der Waals surface area contributed by atoms with Crippen molar-refractivity contribution in [3.05, 3.63) is 52.7 Å². The van der Waals surface area contributed by atoms with Gasteiger partial charge in [0.05, 0.1) is 10.6 Å². The van der Waals surface area contributed by atoms with Crippen molar-refractivity contribution in [2.75, 3.05) is 5.75 Å². The van der Waals surface area contributed by atoms with E-state index in [0.29, 0.717) is 10.6 Å². The lowest BCUT2D eigenvalue weighted by atomic mass is 10.2. The number of aromatic hydroxyl groups is 1. The van der Waals surface area contributed by atoms with Crippen molar-refractivity contribution >= 4 is 35.2 Å². The number of halogens is 1. The number of pyridine rings is 1. The number of hydrazine groups is 1. The lowest BCUT2D eigenvalue weighted by Gasteiger charge is -2.09. The molecule has 0 aliphatic rings. The minimum Gasteiger partial charge on any atom is -0.507 e. The van der Waals surface area contributed by atoms with Gasteiger partial charge in [0.15, 0.2) is 0 Å². The lowest BCUT2D eigenvalue weighted by molar-refractivity contribution is 0.0845. The van der Waals surface area contributed by atoms with E-state index in [1.807, 2.05) is 6.92 Å². The Labute approximate surface area is 142 Å². The van der Waals surface area contributed by atoms with Crippen molar-refractivity contribution in [3.63, 3.8) is 0 Å². The first kappa shape index (κ1) is 17.1. The van der Waals surface area contributed by atoms with Crippen molar-refractivity contribution in [3.8, 4) is 5.75 Å². The quantitative estimate of drug-likeness (QED) is 0.582. The molecule has 3 N–H and O–H groups in total. The maximum atomic E-state index is 12.0. The van der Waals surface area contributed by atoms with Crippen LogP contribution in [0.1, 0.15) is 27.6 Å². The summed E-state index contributed by atoms with van der Waals surface area (Å²) in [6.45, 7) is 1.98. The molecular formula is C15H14ClN3O3S. The van der Waals surface area contributed by atoms with Crippen LogP contribution in [0.15, 0.2) is 41.6 Å². The number of carbonyl (C=O) groups is 2. The molecule has 1 aromatic carbocycles. The number of hydrogen-bond acceptors (Lipinski definition) is 5. The highest BCUT2D eigenvalue weighted by atomic mass is 35.5. The molecule has 0 unspecified atom stereocenters. The lowest BCUT2D eigenvalue weighted by Crippen LogP contribution is -2.41. The van der Waals surface area contributed by atoms with Gasteiger partial charge in [-0.05, 0) is 36.1 Å². The third-order valence-electron chi connectivity index (χ3n) is 2.78. The maximum Gasteiger partial charge on any atom is 0.273 e. The van der Waals surface area contributed by atoms with Crippen LogP contribution in [0.5, 0.6) is 5.75 Å². The van der Waals surface area contributed by atoms with Gasteiger partial charge in [-0.1, -0.05) is 18.5 Å². The third kappa shape index (κ3) is 4.61. The van der Waals surface area contributed by atoms with Gasteiger partial charge >= 0.3 is 0 Å². The zero-order chi connectivity index (χ0) is 16.8. The number of rotatable bonds is 4. The number of amides is 2.